The number of aryl methyl sites for hydroxylation is 1. The molecule has 0 N–H and O–H groups in total. The minimum absolute atomic E-state index is 0.0329. The van der Waals surface area contributed by atoms with Crippen LogP contribution in [-0.4, -0.2) is 25.9 Å². The monoisotopic (exact) mass is 724 g/mol. The molecule has 11 heteroatoms. The highest BCUT2D eigenvalue weighted by Crippen LogP contribution is 2.35. The summed E-state index contributed by atoms with van der Waals surface area (Å²) in [6.07, 6.45) is 0.194. The van der Waals surface area contributed by atoms with Gasteiger partial charge in [-0.1, -0.05) is 105 Å². The number of anilines is 1. The van der Waals surface area contributed by atoms with Gasteiger partial charge in [0.1, 0.15) is 17.7 Å². The number of carbonyl (C=O) groups is 1. The van der Waals surface area contributed by atoms with Gasteiger partial charge >= 0.3 is 5.97 Å². The van der Waals surface area contributed by atoms with E-state index in [1.165, 1.54) is 30.3 Å². The largest absolute Gasteiger partial charge is 0.481 e. The van der Waals surface area contributed by atoms with Crippen LogP contribution in [0.5, 0.6) is 5.75 Å². The van der Waals surface area contributed by atoms with Gasteiger partial charge in [-0.25, -0.2) is 12.8 Å². The molecule has 0 aliphatic rings. The van der Waals surface area contributed by atoms with Crippen LogP contribution in [0.25, 0.3) is 0 Å². The average Bonchev–Trinajstić information content (AvgIpc) is 3.13. The van der Waals surface area contributed by atoms with Crippen molar-refractivity contribution in [2.45, 2.75) is 57.6 Å². The second-order valence-electron chi connectivity index (χ2n) is 12.7. The third-order valence-corrected chi connectivity index (χ3v) is 10.2. The fourth-order valence-corrected chi connectivity index (χ4v) is 7.55. The Kier molecular flexibility index (Phi) is 12.4. The van der Waals surface area contributed by atoms with E-state index in [9.17, 15) is 23.3 Å². The van der Waals surface area contributed by atoms with Gasteiger partial charge in [-0.2, -0.15) is 0 Å². The van der Waals surface area contributed by atoms with Crippen molar-refractivity contribution in [1.29, 1.82) is 0 Å². The maximum atomic E-state index is 15.5. The number of hydrogen-bond donors (Lipinski definition) is 0. The van der Waals surface area contributed by atoms with E-state index in [2.05, 4.69) is 13.8 Å². The van der Waals surface area contributed by atoms with Crippen molar-refractivity contribution >= 4 is 27.4 Å². The van der Waals surface area contributed by atoms with Crippen molar-refractivity contribution in [1.82, 2.24) is 0 Å². The number of ether oxygens (including phenoxy) is 2. The zero-order chi connectivity index (χ0) is 37.3. The Morgan fingerprint density at radius 2 is 1.48 bits per heavy atom. The number of carbonyl (C=O) groups excluding carboxylic acids is 1. The Balaban J connectivity index is 1.56. The van der Waals surface area contributed by atoms with E-state index >= 15 is 4.39 Å². The van der Waals surface area contributed by atoms with Crippen LogP contribution < -0.4 is 9.04 Å². The molecule has 5 aromatic carbocycles. The molecule has 0 saturated carbocycles. The van der Waals surface area contributed by atoms with Crippen LogP contribution in [0.1, 0.15) is 61.1 Å². The van der Waals surface area contributed by atoms with E-state index in [4.69, 9.17) is 9.47 Å². The summed E-state index contributed by atoms with van der Waals surface area (Å²) in [6.45, 7) is 5.76. The van der Waals surface area contributed by atoms with Crippen molar-refractivity contribution < 1.29 is 32.0 Å². The number of nitro benzene ring substituents is 1. The molecule has 5 aromatic rings. The Labute approximate surface area is 303 Å². The highest BCUT2D eigenvalue weighted by Gasteiger charge is 2.33. The minimum atomic E-state index is -4.61. The van der Waals surface area contributed by atoms with Crippen molar-refractivity contribution in [2.24, 2.45) is 5.92 Å². The predicted molar refractivity (Wildman–Crippen MR) is 198 cm³/mol. The first-order chi connectivity index (χ1) is 25.0. The number of rotatable bonds is 16. The molecule has 0 fully saturated rings. The molecule has 0 aromatic heterocycles. The number of benzene rings is 5. The second kappa shape index (κ2) is 17.1. The number of esters is 1. The number of para-hydroxylation sites is 1. The van der Waals surface area contributed by atoms with Gasteiger partial charge < -0.3 is 9.47 Å². The molecule has 0 bridgehead atoms. The summed E-state index contributed by atoms with van der Waals surface area (Å²) in [5, 5.41) is 11.9. The van der Waals surface area contributed by atoms with E-state index < -0.39 is 43.4 Å². The average molecular weight is 725 g/mol. The van der Waals surface area contributed by atoms with E-state index in [0.29, 0.717) is 17.7 Å². The molecule has 0 amide bonds. The molecule has 0 aliphatic heterocycles. The standard InChI is InChI=1S/C41H41FN2O7S/c1-4-50-40(45)24-21-31-20-22-35(27-36(31)42)43(52(48,49)39-18-12-11-17-37(39)44(46)47)28-30-19-23-38(34(26-30)25-29(2)3)51-41(32-13-7-5-8-14-32)33-15-9-6-10-16-33/h5-20,22-23,26-27,29,41H,4,21,24-25,28H2,1-3H3. The van der Waals surface area contributed by atoms with Gasteiger partial charge in [0, 0.05) is 12.5 Å². The van der Waals surface area contributed by atoms with Gasteiger partial charge in [0.25, 0.3) is 15.7 Å². The lowest BCUT2D eigenvalue weighted by Crippen LogP contribution is -2.31. The lowest BCUT2D eigenvalue weighted by Gasteiger charge is -2.26. The lowest BCUT2D eigenvalue weighted by molar-refractivity contribution is -0.387. The molecule has 5 rings (SSSR count). The molecule has 0 unspecified atom stereocenters. The fourth-order valence-electron chi connectivity index (χ4n) is 5.95. The van der Waals surface area contributed by atoms with Crippen molar-refractivity contribution in [3.63, 3.8) is 0 Å². The highest BCUT2D eigenvalue weighted by molar-refractivity contribution is 7.93. The number of hydrogen-bond acceptors (Lipinski definition) is 7. The number of sulfonamides is 1. The van der Waals surface area contributed by atoms with E-state index in [1.54, 1.807) is 19.1 Å². The van der Waals surface area contributed by atoms with E-state index in [1.807, 2.05) is 66.7 Å². The summed E-state index contributed by atoms with van der Waals surface area (Å²) >= 11 is 0. The predicted octanol–water partition coefficient (Wildman–Crippen LogP) is 8.99. The zero-order valence-electron chi connectivity index (χ0n) is 29.3. The molecule has 0 spiro atoms. The lowest BCUT2D eigenvalue weighted by atomic mass is 9.98. The molecule has 9 nitrogen and oxygen atoms in total. The molecular weight excluding hydrogens is 684 g/mol. The van der Waals surface area contributed by atoms with Gasteiger partial charge in [0.15, 0.2) is 4.90 Å². The first kappa shape index (κ1) is 37.7. The Morgan fingerprint density at radius 3 is 2.08 bits per heavy atom. The molecule has 52 heavy (non-hydrogen) atoms. The highest BCUT2D eigenvalue weighted by atomic mass is 32.2. The smallest absolute Gasteiger partial charge is 0.306 e. The topological polar surface area (TPSA) is 116 Å². The van der Waals surface area contributed by atoms with E-state index in [0.717, 1.165) is 33.1 Å². The number of nitrogens with zero attached hydrogens (tertiary/aromatic N) is 2. The molecule has 270 valence electrons. The normalized spacial score (nSPS) is 11.4. The molecule has 0 saturated heterocycles. The van der Waals surface area contributed by atoms with Crippen LogP contribution in [0.4, 0.5) is 15.8 Å². The third-order valence-electron chi connectivity index (χ3n) is 8.39. The van der Waals surface area contributed by atoms with Crippen LogP contribution in [0, 0.1) is 21.8 Å². The molecule has 0 atom stereocenters. The minimum Gasteiger partial charge on any atom is -0.481 e. The van der Waals surface area contributed by atoms with Crippen LogP contribution in [-0.2, 0) is 38.9 Å². The summed E-state index contributed by atoms with van der Waals surface area (Å²) in [4.78, 5) is 22.6. The van der Waals surface area contributed by atoms with Crippen LogP contribution in [0.15, 0.2) is 126 Å². The fraction of sp³-hybridized carbons (Fsp3) is 0.244. The molecule has 0 heterocycles. The number of nitro groups is 1. The second-order valence-corrected chi connectivity index (χ2v) is 14.5. The first-order valence-electron chi connectivity index (χ1n) is 17.1. The Morgan fingerprint density at radius 1 is 0.846 bits per heavy atom. The molecular formula is C41H41FN2O7S. The number of halogens is 1. The quantitative estimate of drug-likeness (QED) is 0.0567. The summed E-state index contributed by atoms with van der Waals surface area (Å²) in [7, 11) is -4.61. The van der Waals surface area contributed by atoms with Crippen LogP contribution in [0.2, 0.25) is 0 Å². The SMILES string of the molecule is CCOC(=O)CCc1ccc(N(Cc2ccc(OC(c3ccccc3)c3ccccc3)c(CC(C)C)c2)S(=O)(=O)c2ccccc2[N+](=O)[O-])cc1F. The molecule has 0 radical (unpaired) electrons. The van der Waals surface area contributed by atoms with Crippen molar-refractivity contribution in [2.75, 3.05) is 10.9 Å². The molecule has 0 aliphatic carbocycles. The maximum Gasteiger partial charge on any atom is 0.306 e. The van der Waals surface area contributed by atoms with E-state index in [-0.39, 0.29) is 43.2 Å². The summed E-state index contributed by atoms with van der Waals surface area (Å²) in [5.41, 5.74) is 2.89. The van der Waals surface area contributed by atoms with Crippen LogP contribution >= 0.6 is 0 Å². The van der Waals surface area contributed by atoms with Crippen molar-refractivity contribution in [3.8, 4) is 5.75 Å². The van der Waals surface area contributed by atoms with Gasteiger partial charge in [-0.15, -0.1) is 0 Å². The van der Waals surface area contributed by atoms with Gasteiger partial charge in [-0.05, 0) is 77.8 Å². The first-order valence-corrected chi connectivity index (χ1v) is 18.5. The van der Waals surface area contributed by atoms with Gasteiger partial charge in [0.2, 0.25) is 0 Å². The maximum absolute atomic E-state index is 15.5. The summed E-state index contributed by atoms with van der Waals surface area (Å²) in [5.74, 6) is -0.357. The third kappa shape index (κ3) is 9.21. The Hall–Kier alpha value is -5.55. The Bertz CT molecular complexity index is 2070. The summed E-state index contributed by atoms with van der Waals surface area (Å²) < 4.78 is 56.9. The zero-order valence-corrected chi connectivity index (χ0v) is 30.1. The van der Waals surface area contributed by atoms with Crippen LogP contribution in [0.3, 0.4) is 0 Å². The van der Waals surface area contributed by atoms with Crippen molar-refractivity contribution in [3.05, 3.63) is 165 Å². The van der Waals surface area contributed by atoms with Gasteiger partial charge in [0.05, 0.1) is 23.8 Å². The van der Waals surface area contributed by atoms with Gasteiger partial charge in [-0.3, -0.25) is 19.2 Å². The summed E-state index contributed by atoms with van der Waals surface area (Å²) in [6, 6.07) is 34.1.